The van der Waals surface area contributed by atoms with Crippen molar-refractivity contribution in [1.29, 1.82) is 0 Å². The fourth-order valence-corrected chi connectivity index (χ4v) is 4.38. The zero-order chi connectivity index (χ0) is 31.5. The summed E-state index contributed by atoms with van der Waals surface area (Å²) in [7, 11) is 3.50. The van der Waals surface area contributed by atoms with E-state index in [-0.39, 0.29) is 36.0 Å². The predicted molar refractivity (Wildman–Crippen MR) is 166 cm³/mol. The molecule has 2 aromatic carbocycles. The number of rotatable bonds is 15. The minimum atomic E-state index is -0.572. The van der Waals surface area contributed by atoms with Gasteiger partial charge in [-0.25, -0.2) is 0 Å². The molecule has 0 heterocycles. The number of anilines is 1. The molecular weight excluding hydrogens is 532 g/mol. The van der Waals surface area contributed by atoms with E-state index in [1.807, 2.05) is 38.1 Å². The molecule has 0 bridgehead atoms. The average molecular weight is 581 g/mol. The van der Waals surface area contributed by atoms with Crippen molar-refractivity contribution >= 4 is 29.7 Å². The normalized spacial score (nSPS) is 12.3. The summed E-state index contributed by atoms with van der Waals surface area (Å²) in [4.78, 5) is 52.2. The Morgan fingerprint density at radius 2 is 1.43 bits per heavy atom. The van der Waals surface area contributed by atoms with Crippen LogP contribution in [0.15, 0.2) is 48.5 Å². The Morgan fingerprint density at radius 1 is 0.881 bits per heavy atom. The summed E-state index contributed by atoms with van der Waals surface area (Å²) in [5.74, 6) is 0.358. The molecule has 3 amide bonds. The molecule has 42 heavy (non-hydrogen) atoms. The number of hydrogen-bond acceptors (Lipinski definition) is 6. The Kier molecular flexibility index (Phi) is 12.7. The Bertz CT molecular complexity index is 1190. The van der Waals surface area contributed by atoms with Crippen LogP contribution in [0.2, 0.25) is 0 Å². The predicted octanol–water partition coefficient (Wildman–Crippen LogP) is 4.55. The number of likely N-dealkylation sites (N-methyl/N-ethyl adjacent to an activating group) is 2. The lowest BCUT2D eigenvalue weighted by molar-refractivity contribution is -0.135. The van der Waals surface area contributed by atoms with Crippen LogP contribution in [0.1, 0.15) is 69.8 Å². The maximum Gasteiger partial charge on any atom is 0.241 e. The van der Waals surface area contributed by atoms with Crippen molar-refractivity contribution in [2.45, 2.75) is 66.3 Å². The van der Waals surface area contributed by atoms with E-state index in [1.165, 1.54) is 0 Å². The first-order chi connectivity index (χ1) is 19.6. The van der Waals surface area contributed by atoms with Crippen LogP contribution in [0.25, 0.3) is 0 Å². The number of nitrogens with two attached hydrogens (primary N) is 1. The maximum atomic E-state index is 12.9. The van der Waals surface area contributed by atoms with Gasteiger partial charge in [-0.05, 0) is 65.6 Å². The Balaban J connectivity index is 1.75. The monoisotopic (exact) mass is 580 g/mol. The molecular formula is C33H48N4O5. The van der Waals surface area contributed by atoms with E-state index < -0.39 is 11.5 Å². The number of nitrogens with zero attached hydrogens (tertiary/aromatic N) is 2. The molecule has 230 valence electrons. The number of carbonyl (C=O) groups is 4. The Labute approximate surface area is 250 Å². The van der Waals surface area contributed by atoms with Crippen LogP contribution in [0.4, 0.5) is 5.69 Å². The molecule has 3 N–H and O–H groups in total. The summed E-state index contributed by atoms with van der Waals surface area (Å²) < 4.78 is 5.67. The zero-order valence-electron chi connectivity index (χ0n) is 26.2. The fourth-order valence-electron chi connectivity index (χ4n) is 4.38. The molecule has 0 aliphatic heterocycles. The van der Waals surface area contributed by atoms with E-state index in [1.54, 1.807) is 48.2 Å². The molecule has 0 fully saturated rings. The molecule has 9 heteroatoms. The Hall–Kier alpha value is -3.72. The van der Waals surface area contributed by atoms with Gasteiger partial charge in [0.2, 0.25) is 17.7 Å². The minimum absolute atomic E-state index is 0.0192. The number of nitrogens with one attached hydrogen (secondary N) is 1. The second kappa shape index (κ2) is 15.5. The lowest BCUT2D eigenvalue weighted by Crippen LogP contribution is -2.38. The second-order valence-corrected chi connectivity index (χ2v) is 13.0. The third kappa shape index (κ3) is 12.4. The smallest absolute Gasteiger partial charge is 0.241 e. The standard InChI is InChI=1S/C33H48N4O5/c1-32(2,3)20-28(34)31(41)35-26-12-8-24(9-13-26)16-17-36(6)29(39)21-33(4,5)22-30(40)37(7)18-19-42-27-14-10-25(23-38)11-15-27/h8-15,23,28H,16-22,34H2,1-7H3,(H,35,41)/t28-/m0/s1. The van der Waals surface area contributed by atoms with Crippen LogP contribution in [0.3, 0.4) is 0 Å². The van der Waals surface area contributed by atoms with Crippen molar-refractivity contribution < 1.29 is 23.9 Å². The number of ether oxygens (including phenoxy) is 1. The average Bonchev–Trinajstić information content (AvgIpc) is 2.91. The van der Waals surface area contributed by atoms with Gasteiger partial charge in [-0.1, -0.05) is 46.8 Å². The number of aldehydes is 1. The van der Waals surface area contributed by atoms with Gasteiger partial charge in [0.15, 0.2) is 0 Å². The van der Waals surface area contributed by atoms with Crippen molar-refractivity contribution in [2.24, 2.45) is 16.6 Å². The molecule has 0 aliphatic rings. The van der Waals surface area contributed by atoms with E-state index in [2.05, 4.69) is 26.1 Å². The van der Waals surface area contributed by atoms with Gasteiger partial charge in [0.1, 0.15) is 18.6 Å². The molecule has 0 unspecified atom stereocenters. The second-order valence-electron chi connectivity index (χ2n) is 13.0. The summed E-state index contributed by atoms with van der Waals surface area (Å²) in [5.41, 5.74) is 7.81. The minimum Gasteiger partial charge on any atom is -0.492 e. The highest BCUT2D eigenvalue weighted by molar-refractivity contribution is 5.94. The van der Waals surface area contributed by atoms with Gasteiger partial charge < -0.3 is 25.6 Å². The van der Waals surface area contributed by atoms with Crippen LogP contribution in [0.5, 0.6) is 5.75 Å². The maximum absolute atomic E-state index is 12.9. The van der Waals surface area contributed by atoms with Gasteiger partial charge in [-0.3, -0.25) is 19.2 Å². The molecule has 0 radical (unpaired) electrons. The van der Waals surface area contributed by atoms with Crippen molar-refractivity contribution in [3.05, 3.63) is 59.7 Å². The first-order valence-electron chi connectivity index (χ1n) is 14.4. The molecule has 0 saturated heterocycles. The van der Waals surface area contributed by atoms with Gasteiger partial charge in [-0.2, -0.15) is 0 Å². The lowest BCUT2D eigenvalue weighted by Gasteiger charge is -2.28. The number of hydrogen-bond donors (Lipinski definition) is 2. The highest BCUT2D eigenvalue weighted by Crippen LogP contribution is 2.27. The van der Waals surface area contributed by atoms with Crippen molar-refractivity contribution in [3.63, 3.8) is 0 Å². The topological polar surface area (TPSA) is 122 Å². The van der Waals surface area contributed by atoms with E-state index in [4.69, 9.17) is 10.5 Å². The molecule has 2 aromatic rings. The molecule has 0 aliphatic carbocycles. The van der Waals surface area contributed by atoms with Crippen LogP contribution >= 0.6 is 0 Å². The van der Waals surface area contributed by atoms with Crippen molar-refractivity contribution in [1.82, 2.24) is 9.80 Å². The summed E-state index contributed by atoms with van der Waals surface area (Å²) in [6.07, 6.45) is 2.52. The van der Waals surface area contributed by atoms with Crippen LogP contribution in [-0.2, 0) is 20.8 Å². The van der Waals surface area contributed by atoms with Crippen LogP contribution < -0.4 is 15.8 Å². The van der Waals surface area contributed by atoms with E-state index >= 15 is 0 Å². The quantitative estimate of drug-likeness (QED) is 0.298. The summed E-state index contributed by atoms with van der Waals surface area (Å²) >= 11 is 0. The summed E-state index contributed by atoms with van der Waals surface area (Å²) in [6.45, 7) is 11.3. The molecule has 0 saturated carbocycles. The highest BCUT2D eigenvalue weighted by atomic mass is 16.5. The van der Waals surface area contributed by atoms with Crippen molar-refractivity contribution in [2.75, 3.05) is 39.1 Å². The van der Waals surface area contributed by atoms with Gasteiger partial charge >= 0.3 is 0 Å². The highest BCUT2D eigenvalue weighted by Gasteiger charge is 2.28. The number of carbonyl (C=O) groups excluding carboxylic acids is 4. The number of benzene rings is 2. The Morgan fingerprint density at radius 3 is 1.95 bits per heavy atom. The van der Waals surface area contributed by atoms with Gasteiger partial charge in [0.05, 0.1) is 12.6 Å². The van der Waals surface area contributed by atoms with Crippen molar-refractivity contribution in [3.8, 4) is 5.75 Å². The number of amides is 3. The third-order valence-corrected chi connectivity index (χ3v) is 6.95. The lowest BCUT2D eigenvalue weighted by atomic mass is 9.84. The summed E-state index contributed by atoms with van der Waals surface area (Å²) in [5, 5.41) is 2.87. The van der Waals surface area contributed by atoms with Gasteiger partial charge in [0, 0.05) is 44.7 Å². The van der Waals surface area contributed by atoms with E-state index in [0.29, 0.717) is 49.5 Å². The first-order valence-corrected chi connectivity index (χ1v) is 14.4. The molecule has 9 nitrogen and oxygen atoms in total. The molecule has 0 aromatic heterocycles. The third-order valence-electron chi connectivity index (χ3n) is 6.95. The van der Waals surface area contributed by atoms with Gasteiger partial charge in [-0.15, -0.1) is 0 Å². The molecule has 0 spiro atoms. The largest absolute Gasteiger partial charge is 0.492 e. The first kappa shape index (κ1) is 34.5. The van der Waals surface area contributed by atoms with E-state index in [9.17, 15) is 19.2 Å². The van der Waals surface area contributed by atoms with Crippen LogP contribution in [-0.4, -0.2) is 73.6 Å². The molecule has 1 atom stereocenters. The SMILES string of the molecule is CN(CCOc1ccc(C=O)cc1)C(=O)CC(C)(C)CC(=O)N(C)CCc1ccc(NC(=O)[C@@H](N)CC(C)(C)C)cc1. The van der Waals surface area contributed by atoms with Gasteiger partial charge in [0.25, 0.3) is 0 Å². The van der Waals surface area contributed by atoms with Crippen LogP contribution in [0, 0.1) is 10.8 Å². The summed E-state index contributed by atoms with van der Waals surface area (Å²) in [6, 6.07) is 13.8. The zero-order valence-corrected chi connectivity index (χ0v) is 26.2. The molecule has 2 rings (SSSR count). The van der Waals surface area contributed by atoms with E-state index in [0.717, 1.165) is 11.8 Å². The fraction of sp³-hybridized carbons (Fsp3) is 0.515.